The summed E-state index contributed by atoms with van der Waals surface area (Å²) >= 11 is 0. The zero-order valence-electron chi connectivity index (χ0n) is 13.1. The number of likely N-dealkylation sites (N-methyl/N-ethyl adjacent to an activating group) is 1. The maximum atomic E-state index is 11.2. The topological polar surface area (TPSA) is 26.3 Å². The van der Waals surface area contributed by atoms with Gasteiger partial charge in [0.25, 0.3) is 0 Å². The molecule has 0 radical (unpaired) electrons. The molecule has 0 spiro atoms. The molecule has 0 aliphatic carbocycles. The largest absolute Gasteiger partial charge is 1.00 e. The SMILES string of the molecule is C=CC(=O)OCC[N+](CC)(CCC)Cc1ccccc1.[Br-]. The van der Waals surface area contributed by atoms with E-state index in [1.807, 2.05) is 6.07 Å². The van der Waals surface area contributed by atoms with E-state index in [1.165, 1.54) is 11.6 Å². The molecule has 0 amide bonds. The molecule has 1 rings (SSSR count). The van der Waals surface area contributed by atoms with E-state index in [9.17, 15) is 4.79 Å². The highest BCUT2D eigenvalue weighted by molar-refractivity contribution is 5.81. The molecule has 118 valence electrons. The van der Waals surface area contributed by atoms with E-state index in [1.54, 1.807) is 0 Å². The molecule has 0 saturated carbocycles. The van der Waals surface area contributed by atoms with E-state index in [0.29, 0.717) is 6.61 Å². The number of nitrogens with zero attached hydrogens (tertiary/aromatic N) is 1. The van der Waals surface area contributed by atoms with Crippen LogP contribution in [0.2, 0.25) is 0 Å². The summed E-state index contributed by atoms with van der Waals surface area (Å²) in [6.45, 7) is 12.2. The molecule has 0 aromatic heterocycles. The Morgan fingerprint density at radius 2 is 1.90 bits per heavy atom. The average molecular weight is 356 g/mol. The van der Waals surface area contributed by atoms with Gasteiger partial charge in [-0.15, -0.1) is 0 Å². The fraction of sp³-hybridized carbons (Fsp3) is 0.471. The van der Waals surface area contributed by atoms with Crippen LogP contribution in [0, 0.1) is 0 Å². The second kappa shape index (κ2) is 10.6. The molecule has 4 heteroatoms. The molecule has 0 aliphatic heterocycles. The fourth-order valence-electron chi connectivity index (χ4n) is 2.54. The third-order valence-electron chi connectivity index (χ3n) is 3.71. The van der Waals surface area contributed by atoms with Gasteiger partial charge in [-0.1, -0.05) is 43.8 Å². The third kappa shape index (κ3) is 6.91. The summed E-state index contributed by atoms with van der Waals surface area (Å²) in [5.74, 6) is -0.338. The van der Waals surface area contributed by atoms with Crippen LogP contribution < -0.4 is 17.0 Å². The molecule has 0 heterocycles. The molecule has 3 nitrogen and oxygen atoms in total. The molecule has 0 aliphatic rings. The maximum Gasteiger partial charge on any atom is 0.330 e. The minimum Gasteiger partial charge on any atom is -1.00 e. The fourth-order valence-corrected chi connectivity index (χ4v) is 2.54. The quantitative estimate of drug-likeness (QED) is 0.358. The number of benzene rings is 1. The van der Waals surface area contributed by atoms with E-state index in [-0.39, 0.29) is 23.0 Å². The van der Waals surface area contributed by atoms with Gasteiger partial charge in [-0.05, 0) is 13.3 Å². The van der Waals surface area contributed by atoms with Crippen LogP contribution in [0.15, 0.2) is 43.0 Å². The predicted molar refractivity (Wildman–Crippen MR) is 82.1 cm³/mol. The first-order chi connectivity index (χ1) is 9.65. The van der Waals surface area contributed by atoms with Gasteiger partial charge in [-0.3, -0.25) is 0 Å². The Kier molecular flexibility index (Phi) is 10.0. The van der Waals surface area contributed by atoms with Gasteiger partial charge in [0.2, 0.25) is 0 Å². The van der Waals surface area contributed by atoms with Gasteiger partial charge in [0.15, 0.2) is 0 Å². The number of esters is 1. The second-order valence-electron chi connectivity index (χ2n) is 5.12. The van der Waals surface area contributed by atoms with Crippen molar-refractivity contribution in [1.29, 1.82) is 0 Å². The Labute approximate surface area is 139 Å². The van der Waals surface area contributed by atoms with Gasteiger partial charge in [0.1, 0.15) is 19.7 Å². The lowest BCUT2D eigenvalue weighted by Gasteiger charge is -2.37. The molecule has 1 unspecified atom stereocenters. The molecule has 1 aromatic carbocycles. The van der Waals surface area contributed by atoms with E-state index < -0.39 is 0 Å². The van der Waals surface area contributed by atoms with Crippen LogP contribution in [0.5, 0.6) is 0 Å². The molecule has 0 N–H and O–H groups in total. The first-order valence-corrected chi connectivity index (χ1v) is 7.34. The highest BCUT2D eigenvalue weighted by Gasteiger charge is 2.25. The Morgan fingerprint density at radius 3 is 2.43 bits per heavy atom. The zero-order chi connectivity index (χ0) is 14.8. The number of rotatable bonds is 9. The van der Waals surface area contributed by atoms with Crippen molar-refractivity contribution in [3.8, 4) is 0 Å². The molecular formula is C17H26BrNO2. The van der Waals surface area contributed by atoms with Crippen molar-refractivity contribution in [3.63, 3.8) is 0 Å². The zero-order valence-corrected chi connectivity index (χ0v) is 14.6. The van der Waals surface area contributed by atoms with Crippen LogP contribution in [-0.2, 0) is 16.1 Å². The lowest BCUT2D eigenvalue weighted by atomic mass is 10.1. The van der Waals surface area contributed by atoms with Crippen LogP contribution >= 0.6 is 0 Å². The number of hydrogen-bond acceptors (Lipinski definition) is 2. The summed E-state index contributed by atoms with van der Waals surface area (Å²) in [6, 6.07) is 10.5. The van der Waals surface area contributed by atoms with Crippen molar-refractivity contribution >= 4 is 5.97 Å². The molecule has 1 atom stereocenters. The molecule has 0 saturated heterocycles. The van der Waals surface area contributed by atoms with Crippen molar-refractivity contribution in [3.05, 3.63) is 48.6 Å². The van der Waals surface area contributed by atoms with Gasteiger partial charge in [0.05, 0.1) is 13.1 Å². The number of halogens is 1. The van der Waals surface area contributed by atoms with Crippen molar-refractivity contribution in [2.24, 2.45) is 0 Å². The average Bonchev–Trinajstić information content (AvgIpc) is 2.48. The molecule has 1 aromatic rings. The van der Waals surface area contributed by atoms with E-state index >= 15 is 0 Å². The Hall–Kier alpha value is -1.13. The Balaban J connectivity index is 0.00000400. The van der Waals surface area contributed by atoms with Crippen molar-refractivity contribution in [1.82, 2.24) is 0 Å². The van der Waals surface area contributed by atoms with Crippen LogP contribution in [0.4, 0.5) is 0 Å². The summed E-state index contributed by atoms with van der Waals surface area (Å²) in [5.41, 5.74) is 1.33. The van der Waals surface area contributed by atoms with Crippen molar-refractivity contribution in [2.45, 2.75) is 26.8 Å². The smallest absolute Gasteiger partial charge is 0.330 e. The summed E-state index contributed by atoms with van der Waals surface area (Å²) in [6.07, 6.45) is 2.34. The highest BCUT2D eigenvalue weighted by Crippen LogP contribution is 2.15. The summed E-state index contributed by atoms with van der Waals surface area (Å²) in [4.78, 5) is 11.2. The minimum atomic E-state index is -0.338. The molecule has 21 heavy (non-hydrogen) atoms. The number of quaternary nitrogens is 1. The predicted octanol–water partition coefficient (Wildman–Crippen LogP) is 0.167. The molecule has 0 fully saturated rings. The Morgan fingerprint density at radius 1 is 1.24 bits per heavy atom. The first kappa shape index (κ1) is 19.9. The van der Waals surface area contributed by atoms with E-state index in [0.717, 1.165) is 37.1 Å². The lowest BCUT2D eigenvalue weighted by molar-refractivity contribution is -0.939. The number of carbonyl (C=O) groups excluding carboxylic acids is 1. The van der Waals surface area contributed by atoms with Crippen molar-refractivity contribution in [2.75, 3.05) is 26.2 Å². The highest BCUT2D eigenvalue weighted by atomic mass is 79.9. The van der Waals surface area contributed by atoms with Gasteiger partial charge in [-0.25, -0.2) is 4.79 Å². The lowest BCUT2D eigenvalue weighted by Crippen LogP contribution is -3.00. The summed E-state index contributed by atoms with van der Waals surface area (Å²) < 4.78 is 6.11. The number of ether oxygens (including phenoxy) is 1. The van der Waals surface area contributed by atoms with Gasteiger partial charge in [0, 0.05) is 11.6 Å². The van der Waals surface area contributed by atoms with E-state index in [2.05, 4.69) is 44.7 Å². The number of carbonyl (C=O) groups is 1. The van der Waals surface area contributed by atoms with Crippen molar-refractivity contribution < 1.29 is 31.0 Å². The van der Waals surface area contributed by atoms with Gasteiger partial charge < -0.3 is 26.2 Å². The number of hydrogen-bond donors (Lipinski definition) is 0. The summed E-state index contributed by atoms with van der Waals surface area (Å²) in [5, 5.41) is 0. The monoisotopic (exact) mass is 355 g/mol. The first-order valence-electron chi connectivity index (χ1n) is 7.34. The normalized spacial score (nSPS) is 12.9. The van der Waals surface area contributed by atoms with Crippen LogP contribution in [-0.4, -0.2) is 36.7 Å². The Bertz CT molecular complexity index is 422. The second-order valence-corrected chi connectivity index (χ2v) is 5.12. The van der Waals surface area contributed by atoms with Crippen LogP contribution in [0.1, 0.15) is 25.8 Å². The van der Waals surface area contributed by atoms with Gasteiger partial charge >= 0.3 is 5.97 Å². The van der Waals surface area contributed by atoms with Gasteiger partial charge in [-0.2, -0.15) is 0 Å². The summed E-state index contributed by atoms with van der Waals surface area (Å²) in [7, 11) is 0. The molecule has 0 bridgehead atoms. The van der Waals surface area contributed by atoms with Crippen LogP contribution in [0.25, 0.3) is 0 Å². The minimum absolute atomic E-state index is 0. The van der Waals surface area contributed by atoms with Crippen LogP contribution in [0.3, 0.4) is 0 Å². The molecular weight excluding hydrogens is 330 g/mol. The third-order valence-corrected chi connectivity index (χ3v) is 3.71. The van der Waals surface area contributed by atoms with E-state index in [4.69, 9.17) is 4.74 Å². The maximum absolute atomic E-state index is 11.2. The standard InChI is InChI=1S/C17H26NO2.BrH/c1-4-12-18(6-3,13-14-20-17(19)5-2)15-16-10-8-7-9-11-16;/h5,7-11H,2,4,6,12-15H2,1,3H3;1H/q+1;/p-1.